The Balaban J connectivity index is 1.24. The maximum absolute atomic E-state index is 14.4. The minimum atomic E-state index is -4.79. The van der Waals surface area contributed by atoms with Crippen molar-refractivity contribution in [3.63, 3.8) is 0 Å². The van der Waals surface area contributed by atoms with Crippen molar-refractivity contribution in [1.82, 2.24) is 26.0 Å². The number of carbonyl (C=O) groups excluding carboxylic acids is 2. The molecule has 3 atom stereocenters. The Kier molecular flexibility index (Phi) is 10.7. The van der Waals surface area contributed by atoms with E-state index in [4.69, 9.17) is 0 Å². The van der Waals surface area contributed by atoms with E-state index in [9.17, 15) is 36.6 Å². The van der Waals surface area contributed by atoms with Gasteiger partial charge in [-0.05, 0) is 69.8 Å². The Bertz CT molecular complexity index is 1200. The summed E-state index contributed by atoms with van der Waals surface area (Å²) in [6.45, 7) is 4.34. The molecule has 2 saturated carbocycles. The normalized spacial score (nSPS) is 30.5. The lowest BCUT2D eigenvalue weighted by Crippen LogP contribution is -2.62. The summed E-state index contributed by atoms with van der Waals surface area (Å²) in [5, 5.41) is 20.7. The highest BCUT2D eigenvalue weighted by Gasteiger charge is 2.54. The number of carbonyl (C=O) groups is 2. The number of hydrogen-bond acceptors (Lipinski definition) is 7. The Morgan fingerprint density at radius 3 is 2.40 bits per heavy atom. The molecule has 45 heavy (non-hydrogen) atoms. The Morgan fingerprint density at radius 1 is 1.04 bits per heavy atom. The third-order valence-electron chi connectivity index (χ3n) is 10.1. The zero-order chi connectivity index (χ0) is 32.4. The Labute approximate surface area is 260 Å². The molecule has 2 aliphatic heterocycles. The van der Waals surface area contributed by atoms with Crippen molar-refractivity contribution in [3.8, 4) is 0 Å². The summed E-state index contributed by atoms with van der Waals surface area (Å²) >= 11 is 0. The number of amides is 2. The first kappa shape index (κ1) is 34.0. The monoisotopic (exact) mass is 644 g/mol. The molecule has 2 saturated heterocycles. The average Bonchev–Trinajstić information content (AvgIpc) is 3.71. The van der Waals surface area contributed by atoms with E-state index >= 15 is 0 Å². The fourth-order valence-electron chi connectivity index (χ4n) is 7.27. The third kappa shape index (κ3) is 7.78. The van der Waals surface area contributed by atoms with Crippen molar-refractivity contribution in [3.05, 3.63) is 29.3 Å². The molecule has 5 rings (SSSR count). The molecule has 2 amide bonds. The largest absolute Gasteiger partial charge is 0.417 e. The van der Waals surface area contributed by atoms with Crippen molar-refractivity contribution in [2.75, 3.05) is 25.1 Å². The molecule has 9 nitrogen and oxygen atoms in total. The maximum Gasteiger partial charge on any atom is 0.417 e. The number of hydrogen-bond donors (Lipinski definition) is 5. The second kappa shape index (κ2) is 14.2. The van der Waals surface area contributed by atoms with Gasteiger partial charge in [0.25, 0.3) is 5.91 Å². The zero-order valence-corrected chi connectivity index (χ0v) is 25.7. The molecule has 2 aliphatic carbocycles. The summed E-state index contributed by atoms with van der Waals surface area (Å²) in [5.41, 5.74) is 0.153. The van der Waals surface area contributed by atoms with E-state index in [1.54, 1.807) is 0 Å². The van der Waals surface area contributed by atoms with E-state index in [1.807, 2.05) is 5.01 Å². The van der Waals surface area contributed by atoms with Gasteiger partial charge in [0.1, 0.15) is 6.04 Å². The molecule has 14 heteroatoms. The summed E-state index contributed by atoms with van der Waals surface area (Å²) in [6.07, 6.45) is 1.75. The third-order valence-corrected chi connectivity index (χ3v) is 10.1. The van der Waals surface area contributed by atoms with Crippen LogP contribution in [0.25, 0.3) is 0 Å². The lowest BCUT2D eigenvalue weighted by molar-refractivity contribution is -0.270. The average molecular weight is 645 g/mol. The van der Waals surface area contributed by atoms with Gasteiger partial charge in [-0.25, -0.2) is 19.2 Å². The van der Waals surface area contributed by atoms with Gasteiger partial charge >= 0.3 is 6.18 Å². The second-order valence-corrected chi connectivity index (χ2v) is 13.1. The number of unbranched alkanes of at least 4 members (excludes halogenated alkanes) is 1. The van der Waals surface area contributed by atoms with Crippen LogP contribution in [0.2, 0.25) is 0 Å². The first-order chi connectivity index (χ1) is 21.4. The highest BCUT2D eigenvalue weighted by Crippen LogP contribution is 2.41. The van der Waals surface area contributed by atoms with Crippen LogP contribution in [-0.2, 0) is 4.79 Å². The fourth-order valence-corrected chi connectivity index (χ4v) is 7.27. The summed E-state index contributed by atoms with van der Waals surface area (Å²) in [5.74, 6) is -3.19. The predicted molar refractivity (Wildman–Crippen MR) is 158 cm³/mol. The minimum absolute atomic E-state index is 0.0416. The van der Waals surface area contributed by atoms with Crippen LogP contribution in [-0.4, -0.2) is 82.7 Å². The number of hydrazine groups is 1. The van der Waals surface area contributed by atoms with Crippen molar-refractivity contribution in [2.45, 2.75) is 120 Å². The molecular weight excluding hydrogens is 599 g/mol. The van der Waals surface area contributed by atoms with Gasteiger partial charge in [0.15, 0.2) is 17.2 Å². The molecule has 0 bridgehead atoms. The number of alkyl halides is 3. The second-order valence-electron chi connectivity index (χ2n) is 13.1. The van der Waals surface area contributed by atoms with Crippen LogP contribution in [0.3, 0.4) is 0 Å². The SMILES string of the molecule is CCCCN1NC(N2CNC(C3CCCC3)C2)CCC1C(=O)Nc1cc(F)c(F)cc1C(=O)NC1CCC(O)(C(F)(F)F)CC1. The summed E-state index contributed by atoms with van der Waals surface area (Å²) in [4.78, 5) is 29.2. The standard InChI is InChI=1S/C31H45F5N6O3/c1-2-3-14-42-26(8-9-27(40-42)41-17-25(37-18-41)19-6-4-5-7-19)29(44)39-24-16-23(33)22(32)15-21(24)28(43)38-20-10-12-30(45,13-11-20)31(34,35)36/h15-16,19-20,25-27,37,40,45H,2-14,17-18H2,1H3,(H,38,43)(H,39,44). The number of nitrogens with one attached hydrogen (secondary N) is 4. The van der Waals surface area contributed by atoms with Crippen LogP contribution in [0.1, 0.15) is 94.3 Å². The van der Waals surface area contributed by atoms with Crippen LogP contribution in [0.4, 0.5) is 27.6 Å². The molecule has 0 spiro atoms. The topological polar surface area (TPSA) is 109 Å². The number of benzene rings is 1. The maximum atomic E-state index is 14.4. The van der Waals surface area contributed by atoms with Crippen LogP contribution in [0, 0.1) is 17.6 Å². The number of nitrogens with zero attached hydrogens (tertiary/aromatic N) is 2. The molecule has 4 fully saturated rings. The Hall–Kier alpha value is -2.39. The van der Waals surface area contributed by atoms with Gasteiger partial charge in [-0.3, -0.25) is 19.8 Å². The first-order valence-electron chi connectivity index (χ1n) is 16.3. The van der Waals surface area contributed by atoms with Crippen LogP contribution in [0.5, 0.6) is 0 Å². The quantitative estimate of drug-likeness (QED) is 0.254. The van der Waals surface area contributed by atoms with Gasteiger partial charge in [-0.1, -0.05) is 26.2 Å². The van der Waals surface area contributed by atoms with Gasteiger partial charge in [0.2, 0.25) is 5.91 Å². The van der Waals surface area contributed by atoms with Crippen molar-refractivity contribution in [2.24, 2.45) is 5.92 Å². The van der Waals surface area contributed by atoms with E-state index < -0.39 is 60.2 Å². The molecule has 1 aromatic rings. The lowest BCUT2D eigenvalue weighted by atomic mass is 9.81. The summed E-state index contributed by atoms with van der Waals surface area (Å²) < 4.78 is 68.2. The molecule has 2 heterocycles. The van der Waals surface area contributed by atoms with Crippen LogP contribution in [0.15, 0.2) is 12.1 Å². The van der Waals surface area contributed by atoms with E-state index in [2.05, 4.69) is 33.2 Å². The summed E-state index contributed by atoms with van der Waals surface area (Å²) in [6, 6.07) is 0.549. The lowest BCUT2D eigenvalue weighted by Gasteiger charge is -2.42. The van der Waals surface area contributed by atoms with E-state index in [-0.39, 0.29) is 30.3 Å². The minimum Gasteiger partial charge on any atom is -0.380 e. The van der Waals surface area contributed by atoms with Gasteiger partial charge in [0.05, 0.1) is 17.4 Å². The van der Waals surface area contributed by atoms with Crippen LogP contribution >= 0.6 is 0 Å². The first-order valence-corrected chi connectivity index (χ1v) is 16.3. The smallest absolute Gasteiger partial charge is 0.380 e. The fraction of sp³-hybridized carbons (Fsp3) is 0.742. The number of halogens is 5. The van der Waals surface area contributed by atoms with Gasteiger partial charge in [-0.15, -0.1) is 0 Å². The number of anilines is 1. The molecule has 252 valence electrons. The molecule has 1 aromatic carbocycles. The van der Waals surface area contributed by atoms with Crippen LogP contribution < -0.4 is 21.4 Å². The zero-order valence-electron chi connectivity index (χ0n) is 25.7. The highest BCUT2D eigenvalue weighted by atomic mass is 19.4. The van der Waals surface area contributed by atoms with E-state index in [0.29, 0.717) is 37.4 Å². The van der Waals surface area contributed by atoms with Gasteiger partial charge < -0.3 is 15.7 Å². The molecule has 3 unspecified atom stereocenters. The number of rotatable bonds is 9. The predicted octanol–water partition coefficient (Wildman–Crippen LogP) is 4.39. The molecule has 0 radical (unpaired) electrons. The van der Waals surface area contributed by atoms with Crippen molar-refractivity contribution in [1.29, 1.82) is 0 Å². The Morgan fingerprint density at radius 2 is 1.73 bits per heavy atom. The van der Waals surface area contributed by atoms with Gasteiger partial charge in [0, 0.05) is 37.9 Å². The number of aliphatic hydroxyl groups is 1. The van der Waals surface area contributed by atoms with Crippen molar-refractivity contribution >= 4 is 17.5 Å². The van der Waals surface area contributed by atoms with E-state index in [0.717, 1.165) is 32.1 Å². The molecule has 4 aliphatic rings. The molecule has 0 aromatic heterocycles. The van der Waals surface area contributed by atoms with E-state index in [1.165, 1.54) is 25.7 Å². The van der Waals surface area contributed by atoms with Crippen molar-refractivity contribution < 1.29 is 36.6 Å². The van der Waals surface area contributed by atoms with Gasteiger partial charge in [-0.2, -0.15) is 13.2 Å². The molecule has 5 N–H and O–H groups in total. The highest BCUT2D eigenvalue weighted by molar-refractivity contribution is 6.05. The summed E-state index contributed by atoms with van der Waals surface area (Å²) in [7, 11) is 0. The molecular formula is C31H45F5N6O3.